The molecule has 2 rings (SSSR count). The van der Waals surface area contributed by atoms with Gasteiger partial charge in [-0.1, -0.05) is 19.0 Å². The number of halogens is 1. The van der Waals surface area contributed by atoms with Crippen LogP contribution in [0.2, 0.25) is 0 Å². The summed E-state index contributed by atoms with van der Waals surface area (Å²) in [5, 5.41) is 3.77. The van der Waals surface area contributed by atoms with E-state index in [-0.39, 0.29) is 5.82 Å². The summed E-state index contributed by atoms with van der Waals surface area (Å²) in [7, 11) is 0. The van der Waals surface area contributed by atoms with Gasteiger partial charge in [-0.2, -0.15) is 4.98 Å². The smallest absolute Gasteiger partial charge is 0.223 e. The van der Waals surface area contributed by atoms with Crippen LogP contribution in [0.3, 0.4) is 0 Å². The van der Waals surface area contributed by atoms with Crippen LogP contribution in [0.1, 0.15) is 25.3 Å². The molecule has 16 heavy (non-hydrogen) atoms. The van der Waals surface area contributed by atoms with Crippen molar-refractivity contribution in [2.45, 2.75) is 27.7 Å². The predicted molar refractivity (Wildman–Crippen MR) is 60.5 cm³/mol. The highest BCUT2D eigenvalue weighted by molar-refractivity contribution is 5.59. The van der Waals surface area contributed by atoms with E-state index in [4.69, 9.17) is 4.52 Å². The minimum absolute atomic E-state index is 0.258. The van der Waals surface area contributed by atoms with Gasteiger partial charge in [0.15, 0.2) is 0 Å². The molecule has 0 spiro atoms. The molecule has 0 N–H and O–H groups in total. The van der Waals surface area contributed by atoms with Crippen molar-refractivity contribution >= 4 is 0 Å². The summed E-state index contributed by atoms with van der Waals surface area (Å²) < 4.78 is 17.7. The molecule has 0 radical (unpaired) electrons. The second kappa shape index (κ2) is 5.39. The van der Waals surface area contributed by atoms with Crippen molar-refractivity contribution in [3.8, 4) is 11.4 Å². The number of hydrogen-bond donors (Lipinski definition) is 0. The van der Waals surface area contributed by atoms with Crippen molar-refractivity contribution in [3.63, 3.8) is 0 Å². The average Bonchev–Trinajstić information content (AvgIpc) is 2.68. The number of rotatable bonds is 1. The van der Waals surface area contributed by atoms with Crippen LogP contribution in [-0.2, 0) is 0 Å². The van der Waals surface area contributed by atoms with Gasteiger partial charge in [0, 0.05) is 12.5 Å². The molecule has 0 amide bonds. The van der Waals surface area contributed by atoms with Gasteiger partial charge >= 0.3 is 0 Å². The molecule has 3 nitrogen and oxygen atoms in total. The Bertz CT molecular complexity index is 466. The molecule has 0 atom stereocenters. The summed E-state index contributed by atoms with van der Waals surface area (Å²) in [6.45, 7) is 7.53. The van der Waals surface area contributed by atoms with E-state index in [0.29, 0.717) is 11.7 Å². The van der Waals surface area contributed by atoms with E-state index in [1.54, 1.807) is 13.0 Å². The molecule has 0 aliphatic carbocycles. The first-order valence-electron chi connectivity index (χ1n) is 5.23. The SMILES string of the molecule is CC.Cc1nc(-c2ccc(F)cc2C)no1. The monoisotopic (exact) mass is 222 g/mol. The zero-order valence-electron chi connectivity index (χ0n) is 9.91. The number of aromatic nitrogens is 2. The average molecular weight is 222 g/mol. The minimum atomic E-state index is -0.258. The van der Waals surface area contributed by atoms with Gasteiger partial charge in [0.1, 0.15) is 5.82 Å². The van der Waals surface area contributed by atoms with Gasteiger partial charge in [-0.15, -0.1) is 0 Å². The lowest BCUT2D eigenvalue weighted by atomic mass is 10.1. The molecule has 0 aliphatic rings. The Morgan fingerprint density at radius 1 is 1.19 bits per heavy atom. The van der Waals surface area contributed by atoms with E-state index >= 15 is 0 Å². The molecule has 1 heterocycles. The maximum Gasteiger partial charge on any atom is 0.223 e. The maximum absolute atomic E-state index is 12.8. The van der Waals surface area contributed by atoms with E-state index in [9.17, 15) is 4.39 Å². The molecule has 0 bridgehead atoms. The van der Waals surface area contributed by atoms with E-state index in [1.165, 1.54) is 12.1 Å². The van der Waals surface area contributed by atoms with Crippen LogP contribution in [0.4, 0.5) is 4.39 Å². The zero-order valence-corrected chi connectivity index (χ0v) is 9.91. The fourth-order valence-electron chi connectivity index (χ4n) is 1.29. The third kappa shape index (κ3) is 2.66. The Kier molecular flexibility index (Phi) is 4.17. The van der Waals surface area contributed by atoms with Gasteiger partial charge in [0.2, 0.25) is 11.7 Å². The normalized spacial score (nSPS) is 9.56. The Labute approximate surface area is 94.3 Å². The third-order valence-corrected chi connectivity index (χ3v) is 1.96. The zero-order chi connectivity index (χ0) is 12.1. The van der Waals surface area contributed by atoms with Crippen molar-refractivity contribution in [2.24, 2.45) is 0 Å². The minimum Gasteiger partial charge on any atom is -0.339 e. The highest BCUT2D eigenvalue weighted by Gasteiger charge is 2.08. The van der Waals surface area contributed by atoms with E-state index < -0.39 is 0 Å². The molecule has 0 aliphatic heterocycles. The van der Waals surface area contributed by atoms with Crippen LogP contribution in [0.5, 0.6) is 0 Å². The fraction of sp³-hybridized carbons (Fsp3) is 0.333. The molecule has 4 heteroatoms. The summed E-state index contributed by atoms with van der Waals surface area (Å²) in [6.07, 6.45) is 0. The van der Waals surface area contributed by atoms with Crippen LogP contribution in [0.25, 0.3) is 11.4 Å². The molecular formula is C12H15FN2O. The van der Waals surface area contributed by atoms with Gasteiger partial charge < -0.3 is 4.52 Å². The molecule has 0 saturated heterocycles. The van der Waals surface area contributed by atoms with Crippen molar-refractivity contribution in [1.29, 1.82) is 0 Å². The number of benzene rings is 1. The van der Waals surface area contributed by atoms with Gasteiger partial charge in [-0.25, -0.2) is 4.39 Å². The number of aryl methyl sites for hydroxylation is 2. The topological polar surface area (TPSA) is 38.9 Å². The molecule has 0 fully saturated rings. The summed E-state index contributed by atoms with van der Waals surface area (Å²) in [6, 6.07) is 4.48. The summed E-state index contributed by atoms with van der Waals surface area (Å²) in [4.78, 5) is 4.07. The van der Waals surface area contributed by atoms with Crippen molar-refractivity contribution in [2.75, 3.05) is 0 Å². The largest absolute Gasteiger partial charge is 0.339 e. The highest BCUT2D eigenvalue weighted by atomic mass is 19.1. The summed E-state index contributed by atoms with van der Waals surface area (Å²) in [5.41, 5.74) is 1.59. The predicted octanol–water partition coefficient (Wildman–Crippen LogP) is 3.52. The second-order valence-corrected chi connectivity index (χ2v) is 3.10. The Morgan fingerprint density at radius 3 is 2.38 bits per heavy atom. The van der Waals surface area contributed by atoms with Gasteiger partial charge in [-0.05, 0) is 30.7 Å². The van der Waals surface area contributed by atoms with Gasteiger partial charge in [0.25, 0.3) is 0 Å². The molecular weight excluding hydrogens is 207 g/mol. The molecule has 2 aromatic rings. The molecule has 0 unspecified atom stereocenters. The number of nitrogens with zero attached hydrogens (tertiary/aromatic N) is 2. The third-order valence-electron chi connectivity index (χ3n) is 1.96. The second-order valence-electron chi connectivity index (χ2n) is 3.10. The van der Waals surface area contributed by atoms with E-state index in [1.807, 2.05) is 20.8 Å². The molecule has 0 saturated carbocycles. The van der Waals surface area contributed by atoms with Crippen molar-refractivity contribution < 1.29 is 8.91 Å². The van der Waals surface area contributed by atoms with Crippen LogP contribution in [0.15, 0.2) is 22.7 Å². The lowest BCUT2D eigenvalue weighted by Gasteiger charge is -1.99. The van der Waals surface area contributed by atoms with Crippen LogP contribution < -0.4 is 0 Å². The standard InChI is InChI=1S/C10H9FN2O.C2H6/c1-6-5-8(11)3-4-9(6)10-12-7(2)14-13-10;1-2/h3-5H,1-2H3;1-2H3. The van der Waals surface area contributed by atoms with Gasteiger partial charge in [0.05, 0.1) is 0 Å². The number of hydrogen-bond acceptors (Lipinski definition) is 3. The van der Waals surface area contributed by atoms with Crippen LogP contribution in [-0.4, -0.2) is 10.1 Å². The van der Waals surface area contributed by atoms with Crippen molar-refractivity contribution in [1.82, 2.24) is 10.1 Å². The molecule has 86 valence electrons. The summed E-state index contributed by atoms with van der Waals surface area (Å²) in [5.74, 6) is 0.746. The Hall–Kier alpha value is -1.71. The van der Waals surface area contributed by atoms with Crippen LogP contribution in [0, 0.1) is 19.7 Å². The molecule has 1 aromatic carbocycles. The lowest BCUT2D eigenvalue weighted by Crippen LogP contribution is -1.86. The maximum atomic E-state index is 12.8. The first-order valence-corrected chi connectivity index (χ1v) is 5.23. The fourth-order valence-corrected chi connectivity index (χ4v) is 1.29. The Morgan fingerprint density at radius 2 is 1.88 bits per heavy atom. The van der Waals surface area contributed by atoms with Crippen LogP contribution >= 0.6 is 0 Å². The Balaban J connectivity index is 0.000000606. The summed E-state index contributed by atoms with van der Waals surface area (Å²) >= 11 is 0. The quantitative estimate of drug-likeness (QED) is 0.741. The van der Waals surface area contributed by atoms with E-state index in [2.05, 4.69) is 10.1 Å². The molecule has 1 aromatic heterocycles. The van der Waals surface area contributed by atoms with E-state index in [0.717, 1.165) is 11.1 Å². The van der Waals surface area contributed by atoms with Gasteiger partial charge in [-0.3, -0.25) is 0 Å². The first kappa shape index (κ1) is 12.4. The lowest BCUT2D eigenvalue weighted by molar-refractivity contribution is 0.394. The highest BCUT2D eigenvalue weighted by Crippen LogP contribution is 2.20. The first-order chi connectivity index (χ1) is 7.66. The van der Waals surface area contributed by atoms with Crippen molar-refractivity contribution in [3.05, 3.63) is 35.5 Å².